The Morgan fingerprint density at radius 2 is 1.00 bits per heavy atom. The largest absolute Gasteiger partial charge is 0.400 e. The predicted molar refractivity (Wildman–Crippen MR) is 28.5 cm³/mol. The van der Waals surface area contributed by atoms with Crippen molar-refractivity contribution < 1.29 is 11.6 Å². The molecule has 0 aliphatic rings. The van der Waals surface area contributed by atoms with Crippen LogP contribution in [0.1, 0.15) is 1.43 Å². The van der Waals surface area contributed by atoms with Gasteiger partial charge in [-0.05, 0) is 7.05 Å². The van der Waals surface area contributed by atoms with Crippen LogP contribution in [0, 0.1) is 0 Å². The molecule has 0 saturated heterocycles. The van der Waals surface area contributed by atoms with Gasteiger partial charge in [0.15, 0.2) is 0 Å². The summed E-state index contributed by atoms with van der Waals surface area (Å²) in [5.41, 5.74) is 4.50. The van der Waals surface area contributed by atoms with E-state index in [2.05, 4.69) is 5.73 Å². The molecule has 0 bridgehead atoms. The van der Waals surface area contributed by atoms with Crippen LogP contribution in [-0.2, 0) is 0 Å². The number of hydrogen-bond donors (Lipinski definition) is 3. The second kappa shape index (κ2) is 5100. The average molecular weight is 97.2 g/mol. The van der Waals surface area contributed by atoms with Crippen molar-refractivity contribution >= 4 is 0 Å². The summed E-state index contributed by atoms with van der Waals surface area (Å²) in [5.74, 6) is 0. The van der Waals surface area contributed by atoms with Crippen molar-refractivity contribution in [3.8, 4) is 0 Å². The first-order valence-electron chi connectivity index (χ1n) is 1.47. The number of hydrogen-bond acceptors (Lipinski definition) is 3. The Morgan fingerprint density at radius 3 is 1.00 bits per heavy atom. The Hall–Kier alpha value is -0.120. The van der Waals surface area contributed by atoms with E-state index in [0.717, 1.165) is 14.2 Å². The van der Waals surface area contributed by atoms with E-state index in [1.165, 1.54) is 7.05 Å². The molecule has 0 aromatic heterocycles. The first-order chi connectivity index (χ1) is 3.00. The molecular weight excluding hydrogens is 82.0 g/mol. The van der Waals surface area contributed by atoms with Crippen LogP contribution in [0.3, 0.4) is 0 Å². The van der Waals surface area contributed by atoms with Crippen LogP contribution in [0.2, 0.25) is 0 Å². The summed E-state index contributed by atoms with van der Waals surface area (Å²) in [6.07, 6.45) is 0. The first-order valence-corrected chi connectivity index (χ1v) is 1.47. The van der Waals surface area contributed by atoms with Crippen LogP contribution in [0.15, 0.2) is 0 Å². The highest BCUT2D eigenvalue weighted by Gasteiger charge is 0.842. The SMILES string of the molecule is CN.CO.CO.[HH]. The van der Waals surface area contributed by atoms with Gasteiger partial charge in [-0.1, -0.05) is 0 Å². The maximum atomic E-state index is 7.00. The molecule has 3 heteroatoms. The molecule has 0 saturated carbocycles. The van der Waals surface area contributed by atoms with Crippen LogP contribution in [0.4, 0.5) is 0 Å². The first kappa shape index (κ1) is 16.9. The molecule has 0 aliphatic carbocycles. The van der Waals surface area contributed by atoms with Crippen molar-refractivity contribution in [2.45, 2.75) is 0 Å². The highest BCUT2D eigenvalue weighted by Crippen LogP contribution is 0.757. The minimum absolute atomic E-state index is 0. The standard InChI is InChI=1S/CH5N.2CH4O.H2/c3*1-2;/h2H2,1H3;2*2H,1H3;1H. The lowest BCUT2D eigenvalue weighted by Crippen LogP contribution is -1.69. The highest BCUT2D eigenvalue weighted by molar-refractivity contribution is 3.54. The molecule has 44 valence electrons. The number of aliphatic hydroxyl groups excluding tert-OH is 2. The lowest BCUT2D eigenvalue weighted by Gasteiger charge is -1.21. The summed E-state index contributed by atoms with van der Waals surface area (Å²) in [5, 5.41) is 14.0. The summed E-state index contributed by atoms with van der Waals surface area (Å²) in [7, 11) is 3.50. The average Bonchev–Trinajstić information content (AvgIpc) is 1.81. The molecule has 0 spiro atoms. The van der Waals surface area contributed by atoms with E-state index in [-0.39, 0.29) is 1.43 Å². The molecule has 0 amide bonds. The zero-order valence-corrected chi connectivity index (χ0v) is 4.47. The molecule has 0 rings (SSSR count). The minimum Gasteiger partial charge on any atom is -0.400 e. The number of aliphatic hydroxyl groups is 2. The summed E-state index contributed by atoms with van der Waals surface area (Å²) in [4.78, 5) is 0. The van der Waals surface area contributed by atoms with Gasteiger partial charge in [-0.15, -0.1) is 0 Å². The minimum atomic E-state index is 0. The maximum Gasteiger partial charge on any atom is 0.0319 e. The van der Waals surface area contributed by atoms with Gasteiger partial charge in [0.25, 0.3) is 0 Å². The monoisotopic (exact) mass is 97.1 g/mol. The second-order valence-corrected chi connectivity index (χ2v) is 0. The van der Waals surface area contributed by atoms with Gasteiger partial charge in [-0.3, -0.25) is 0 Å². The lowest BCUT2D eigenvalue weighted by atomic mass is 11.6. The molecule has 0 aliphatic heterocycles. The third-order valence-electron chi connectivity index (χ3n) is 0. The fourth-order valence-corrected chi connectivity index (χ4v) is 0. The maximum absolute atomic E-state index is 7.00. The number of rotatable bonds is 0. The fourth-order valence-electron chi connectivity index (χ4n) is 0. The summed E-state index contributed by atoms with van der Waals surface area (Å²) >= 11 is 0. The molecule has 4 N–H and O–H groups in total. The molecule has 0 aromatic rings. The molecule has 0 heterocycles. The Balaban J connectivity index is -0.00000000900. The van der Waals surface area contributed by atoms with E-state index < -0.39 is 0 Å². The number of nitrogens with two attached hydrogens (primary N) is 1. The Morgan fingerprint density at radius 1 is 1.00 bits per heavy atom. The molecule has 0 fully saturated rings. The second-order valence-electron chi connectivity index (χ2n) is 0. The van der Waals surface area contributed by atoms with E-state index in [1.54, 1.807) is 0 Å². The van der Waals surface area contributed by atoms with Crippen LogP contribution >= 0.6 is 0 Å². The summed E-state index contributed by atoms with van der Waals surface area (Å²) in [6, 6.07) is 0. The van der Waals surface area contributed by atoms with Crippen molar-refractivity contribution in [1.82, 2.24) is 0 Å². The van der Waals surface area contributed by atoms with Crippen molar-refractivity contribution in [3.63, 3.8) is 0 Å². The van der Waals surface area contributed by atoms with E-state index in [4.69, 9.17) is 10.2 Å². The summed E-state index contributed by atoms with van der Waals surface area (Å²) < 4.78 is 0. The molecule has 0 atom stereocenters. The lowest BCUT2D eigenvalue weighted by molar-refractivity contribution is 0.399. The highest BCUT2D eigenvalue weighted by atomic mass is 16.2. The molecule has 6 heavy (non-hydrogen) atoms. The smallest absolute Gasteiger partial charge is 0.0319 e. The van der Waals surface area contributed by atoms with Gasteiger partial charge in [0.2, 0.25) is 0 Å². The van der Waals surface area contributed by atoms with Gasteiger partial charge >= 0.3 is 0 Å². The third kappa shape index (κ3) is 2230. The zero-order chi connectivity index (χ0) is 6.00. The van der Waals surface area contributed by atoms with Crippen molar-refractivity contribution in [3.05, 3.63) is 0 Å². The van der Waals surface area contributed by atoms with Gasteiger partial charge in [0, 0.05) is 15.6 Å². The van der Waals surface area contributed by atoms with Crippen molar-refractivity contribution in [2.24, 2.45) is 5.73 Å². The van der Waals surface area contributed by atoms with Gasteiger partial charge in [0.05, 0.1) is 0 Å². The Kier molecular flexibility index (Phi) is 14400. The topological polar surface area (TPSA) is 66.5 Å². The van der Waals surface area contributed by atoms with Crippen molar-refractivity contribution in [2.75, 3.05) is 21.3 Å². The van der Waals surface area contributed by atoms with Crippen LogP contribution in [0.5, 0.6) is 0 Å². The summed E-state index contributed by atoms with van der Waals surface area (Å²) in [6.45, 7) is 0. The zero-order valence-electron chi connectivity index (χ0n) is 4.47. The quantitative estimate of drug-likeness (QED) is 0.364. The van der Waals surface area contributed by atoms with Gasteiger partial charge in [-0.2, -0.15) is 0 Å². The Bertz CT molecular complexity index is 12.9. The molecule has 3 nitrogen and oxygen atoms in total. The van der Waals surface area contributed by atoms with Gasteiger partial charge in [0.1, 0.15) is 0 Å². The molecular formula is C3H15NO2. The molecule has 0 radical (unpaired) electrons. The van der Waals surface area contributed by atoms with Gasteiger partial charge in [-0.25, -0.2) is 0 Å². The van der Waals surface area contributed by atoms with E-state index in [9.17, 15) is 0 Å². The normalized spacial score (nSPS) is 3.00. The third-order valence-corrected chi connectivity index (χ3v) is 0. The van der Waals surface area contributed by atoms with Gasteiger partial charge < -0.3 is 15.9 Å². The van der Waals surface area contributed by atoms with E-state index >= 15 is 0 Å². The van der Waals surface area contributed by atoms with Crippen LogP contribution in [0.25, 0.3) is 0 Å². The fraction of sp³-hybridized carbons (Fsp3) is 1.00. The van der Waals surface area contributed by atoms with Crippen LogP contribution in [-0.4, -0.2) is 31.5 Å². The van der Waals surface area contributed by atoms with Crippen molar-refractivity contribution in [1.29, 1.82) is 0 Å². The van der Waals surface area contributed by atoms with E-state index in [0.29, 0.717) is 0 Å². The predicted octanol–water partition coefficient (Wildman–Crippen LogP) is -0.962. The molecule has 0 aromatic carbocycles. The van der Waals surface area contributed by atoms with E-state index in [1.807, 2.05) is 0 Å². The molecule has 0 unspecified atom stereocenters. The Labute approximate surface area is 39.9 Å². The van der Waals surface area contributed by atoms with Crippen LogP contribution < -0.4 is 5.73 Å².